The van der Waals surface area contributed by atoms with Crippen molar-refractivity contribution < 1.29 is 18.0 Å². The normalized spacial score (nSPS) is 12.5. The lowest BCUT2D eigenvalue weighted by Gasteiger charge is -2.21. The van der Waals surface area contributed by atoms with Crippen molar-refractivity contribution in [3.8, 4) is 6.07 Å². The zero-order valence-electron chi connectivity index (χ0n) is 25.8. The Balaban J connectivity index is 1.57. The molecule has 0 unspecified atom stereocenters. The zero-order valence-corrected chi connectivity index (χ0v) is 26.6. The summed E-state index contributed by atoms with van der Waals surface area (Å²) in [6.45, 7) is 0.988. The van der Waals surface area contributed by atoms with Crippen LogP contribution in [0.4, 0.5) is 0 Å². The standard InChI is InChI=1S/C37H40N4O4S/c38-21-29-10-6-27(7-11-29)18-34(37(43)41-24-32-16-14-31(23-40)15-17-32)20-36(42)35(19-28-8-12-30(22-39)13-9-28)26-46(44,45)25-33-4-2-1-3-5-33/h1-17,34-35H,18-22,24-26,38-39H2,(H,41,43)/t34-,35+/m1/s1. The van der Waals surface area contributed by atoms with Gasteiger partial charge in [0, 0.05) is 37.9 Å². The summed E-state index contributed by atoms with van der Waals surface area (Å²) in [5, 5.41) is 12.0. The zero-order chi connectivity index (χ0) is 32.9. The first-order valence-electron chi connectivity index (χ1n) is 15.3. The van der Waals surface area contributed by atoms with Crippen molar-refractivity contribution >= 4 is 21.5 Å². The van der Waals surface area contributed by atoms with E-state index in [2.05, 4.69) is 11.4 Å². The van der Waals surface area contributed by atoms with Gasteiger partial charge in [-0.3, -0.25) is 9.59 Å². The smallest absolute Gasteiger partial charge is 0.224 e. The third kappa shape index (κ3) is 10.5. The molecule has 4 rings (SSSR count). The summed E-state index contributed by atoms with van der Waals surface area (Å²) < 4.78 is 26.8. The van der Waals surface area contributed by atoms with Crippen molar-refractivity contribution in [1.29, 1.82) is 5.26 Å². The maximum absolute atomic E-state index is 14.0. The van der Waals surface area contributed by atoms with Gasteiger partial charge >= 0.3 is 0 Å². The monoisotopic (exact) mass is 636 g/mol. The molecule has 4 aromatic carbocycles. The number of hydrogen-bond donors (Lipinski definition) is 3. The van der Waals surface area contributed by atoms with Crippen LogP contribution in [0, 0.1) is 23.2 Å². The summed E-state index contributed by atoms with van der Waals surface area (Å²) >= 11 is 0. The van der Waals surface area contributed by atoms with Gasteiger partial charge in [0.05, 0.1) is 23.1 Å². The summed E-state index contributed by atoms with van der Waals surface area (Å²) in [4.78, 5) is 27.7. The molecule has 8 nitrogen and oxygen atoms in total. The second-order valence-electron chi connectivity index (χ2n) is 11.6. The number of nitrogens with two attached hydrogens (primary N) is 2. The van der Waals surface area contributed by atoms with Crippen LogP contribution in [-0.2, 0) is 57.7 Å². The molecule has 0 aliphatic heterocycles. The molecular formula is C37H40N4O4S. The number of hydrogen-bond acceptors (Lipinski definition) is 7. The number of nitrogens with one attached hydrogen (secondary N) is 1. The molecule has 0 aliphatic carbocycles. The van der Waals surface area contributed by atoms with Gasteiger partial charge in [-0.15, -0.1) is 0 Å². The maximum Gasteiger partial charge on any atom is 0.224 e. The highest BCUT2D eigenvalue weighted by atomic mass is 32.2. The van der Waals surface area contributed by atoms with Gasteiger partial charge in [-0.05, 0) is 58.4 Å². The number of nitriles is 1. The van der Waals surface area contributed by atoms with E-state index in [1.165, 1.54) is 0 Å². The second kappa shape index (κ2) is 16.6. The van der Waals surface area contributed by atoms with E-state index in [-0.39, 0.29) is 42.6 Å². The predicted molar refractivity (Wildman–Crippen MR) is 180 cm³/mol. The molecule has 2 atom stereocenters. The lowest BCUT2D eigenvalue weighted by atomic mass is 9.87. The number of benzene rings is 4. The SMILES string of the molecule is N#Cc1ccc(CNC(=O)[C@@H](CC(=O)[C@@H](Cc2ccc(CN)cc2)CS(=O)(=O)Cc2ccccc2)Cc2ccc(CN)cc2)cc1. The molecule has 1 amide bonds. The van der Waals surface area contributed by atoms with Gasteiger partial charge in [-0.1, -0.05) is 91.0 Å². The number of amides is 1. The third-order valence-electron chi connectivity index (χ3n) is 7.99. The number of rotatable bonds is 16. The number of ketones is 1. The molecule has 0 fully saturated rings. The Hall–Kier alpha value is -4.62. The summed E-state index contributed by atoms with van der Waals surface area (Å²) in [5.74, 6) is -2.66. The highest BCUT2D eigenvalue weighted by Gasteiger charge is 2.30. The first kappa shape index (κ1) is 34.3. The number of carbonyl (C=O) groups is 2. The van der Waals surface area contributed by atoms with Crippen LogP contribution in [0.3, 0.4) is 0 Å². The van der Waals surface area contributed by atoms with Crippen molar-refractivity contribution in [3.05, 3.63) is 142 Å². The maximum atomic E-state index is 14.0. The van der Waals surface area contributed by atoms with Gasteiger partial charge in [-0.2, -0.15) is 5.26 Å². The number of nitrogens with zero attached hydrogens (tertiary/aromatic N) is 1. The Morgan fingerprint density at radius 2 is 1.17 bits per heavy atom. The number of Topliss-reactive ketones (excluding diaryl/α,β-unsaturated/α-hetero) is 1. The topological polar surface area (TPSA) is 156 Å². The first-order chi connectivity index (χ1) is 22.2. The predicted octanol–water partition coefficient (Wildman–Crippen LogP) is 4.38. The van der Waals surface area contributed by atoms with Crippen LogP contribution in [0.15, 0.2) is 103 Å². The molecule has 46 heavy (non-hydrogen) atoms. The second-order valence-corrected chi connectivity index (χ2v) is 13.7. The molecule has 0 radical (unpaired) electrons. The van der Waals surface area contributed by atoms with Crippen LogP contribution in [0.5, 0.6) is 0 Å². The molecule has 0 aromatic heterocycles. The van der Waals surface area contributed by atoms with Gasteiger partial charge in [0.15, 0.2) is 9.84 Å². The Labute approximate surface area is 271 Å². The van der Waals surface area contributed by atoms with Crippen LogP contribution in [0.25, 0.3) is 0 Å². The Morgan fingerprint density at radius 1 is 0.674 bits per heavy atom. The molecule has 238 valence electrons. The summed E-state index contributed by atoms with van der Waals surface area (Å²) in [5.41, 5.74) is 17.1. The van der Waals surface area contributed by atoms with Gasteiger partial charge in [0.1, 0.15) is 5.78 Å². The fourth-order valence-corrected chi connectivity index (χ4v) is 7.08. The van der Waals surface area contributed by atoms with Crippen LogP contribution < -0.4 is 16.8 Å². The van der Waals surface area contributed by atoms with Crippen molar-refractivity contribution in [2.45, 2.75) is 44.6 Å². The van der Waals surface area contributed by atoms with Gasteiger partial charge in [-0.25, -0.2) is 8.42 Å². The van der Waals surface area contributed by atoms with Crippen molar-refractivity contribution in [3.63, 3.8) is 0 Å². The molecule has 5 N–H and O–H groups in total. The molecule has 4 aromatic rings. The minimum Gasteiger partial charge on any atom is -0.352 e. The van der Waals surface area contributed by atoms with E-state index < -0.39 is 21.7 Å². The van der Waals surface area contributed by atoms with Crippen LogP contribution in [0.1, 0.15) is 45.4 Å². The van der Waals surface area contributed by atoms with Gasteiger partial charge in [0.25, 0.3) is 0 Å². The Bertz CT molecular complexity index is 1730. The van der Waals surface area contributed by atoms with E-state index >= 15 is 0 Å². The fraction of sp³-hybridized carbons (Fsp3) is 0.270. The van der Waals surface area contributed by atoms with E-state index in [4.69, 9.17) is 16.7 Å². The van der Waals surface area contributed by atoms with Crippen LogP contribution >= 0.6 is 0 Å². The summed E-state index contributed by atoms with van der Waals surface area (Å²) in [6, 6.07) is 33.0. The quantitative estimate of drug-likeness (QED) is 0.165. The lowest BCUT2D eigenvalue weighted by molar-refractivity contribution is -0.130. The molecule has 0 bridgehead atoms. The largest absolute Gasteiger partial charge is 0.352 e. The van der Waals surface area contributed by atoms with Crippen LogP contribution in [-0.4, -0.2) is 25.9 Å². The van der Waals surface area contributed by atoms with Crippen molar-refractivity contribution in [2.75, 3.05) is 5.75 Å². The average Bonchev–Trinajstić information content (AvgIpc) is 3.07. The third-order valence-corrected chi connectivity index (χ3v) is 9.67. The average molecular weight is 637 g/mol. The molecule has 0 saturated carbocycles. The van der Waals surface area contributed by atoms with E-state index in [0.29, 0.717) is 30.6 Å². The molecule has 0 spiro atoms. The van der Waals surface area contributed by atoms with Gasteiger partial charge in [0.2, 0.25) is 5.91 Å². The molecule has 0 saturated heterocycles. The van der Waals surface area contributed by atoms with Crippen molar-refractivity contribution in [2.24, 2.45) is 23.3 Å². The van der Waals surface area contributed by atoms with E-state index in [1.54, 1.807) is 48.5 Å². The molecular weight excluding hydrogens is 596 g/mol. The minimum atomic E-state index is -3.66. The first-order valence-corrected chi connectivity index (χ1v) is 17.1. The molecule has 0 heterocycles. The van der Waals surface area contributed by atoms with E-state index in [0.717, 1.165) is 27.8 Å². The summed E-state index contributed by atoms with van der Waals surface area (Å²) in [6.07, 6.45) is 0.400. The number of sulfone groups is 1. The highest BCUT2D eigenvalue weighted by molar-refractivity contribution is 7.90. The van der Waals surface area contributed by atoms with E-state index in [9.17, 15) is 18.0 Å². The molecule has 0 aliphatic rings. The lowest BCUT2D eigenvalue weighted by Crippen LogP contribution is -2.35. The minimum absolute atomic E-state index is 0.121. The summed E-state index contributed by atoms with van der Waals surface area (Å²) in [7, 11) is -3.66. The van der Waals surface area contributed by atoms with Gasteiger partial charge < -0.3 is 16.8 Å². The Morgan fingerprint density at radius 3 is 1.70 bits per heavy atom. The molecule has 9 heteroatoms. The highest BCUT2D eigenvalue weighted by Crippen LogP contribution is 2.22. The number of carbonyl (C=O) groups excluding carboxylic acids is 2. The van der Waals surface area contributed by atoms with Crippen LogP contribution in [0.2, 0.25) is 0 Å². The fourth-order valence-electron chi connectivity index (χ4n) is 5.35. The van der Waals surface area contributed by atoms with Crippen molar-refractivity contribution in [1.82, 2.24) is 5.32 Å². The van der Waals surface area contributed by atoms with E-state index in [1.807, 2.05) is 54.6 Å². The Kier molecular flexibility index (Phi) is 12.4.